The van der Waals surface area contributed by atoms with Gasteiger partial charge in [-0.1, -0.05) is 13.3 Å². The summed E-state index contributed by atoms with van der Waals surface area (Å²) in [5.74, 6) is 2.73. The van der Waals surface area contributed by atoms with E-state index in [0.717, 1.165) is 31.0 Å². The van der Waals surface area contributed by atoms with Crippen LogP contribution in [0.4, 0.5) is 4.39 Å². The van der Waals surface area contributed by atoms with E-state index in [1.807, 2.05) is 25.5 Å². The lowest BCUT2D eigenvalue weighted by atomic mass is 10.3. The Labute approximate surface area is 160 Å². The van der Waals surface area contributed by atoms with E-state index >= 15 is 0 Å². The number of hydrogen-bond donors (Lipinski definition) is 2. The van der Waals surface area contributed by atoms with Crippen molar-refractivity contribution in [3.63, 3.8) is 0 Å². The summed E-state index contributed by atoms with van der Waals surface area (Å²) in [4.78, 5) is 4.60. The average Bonchev–Trinajstić information content (AvgIpc) is 2.97. The molecule has 0 aliphatic carbocycles. The third-order valence-electron chi connectivity index (χ3n) is 4.09. The highest BCUT2D eigenvalue weighted by Gasteiger charge is 2.08. The molecular weight excluding hydrogens is 347 g/mol. The van der Waals surface area contributed by atoms with Gasteiger partial charge in [-0.25, -0.2) is 9.38 Å². The Hall–Kier alpha value is -2.64. The van der Waals surface area contributed by atoms with Crippen molar-refractivity contribution in [3.05, 3.63) is 41.7 Å². The summed E-state index contributed by atoms with van der Waals surface area (Å²) in [6.07, 6.45) is 2.06. The van der Waals surface area contributed by atoms with Crippen LogP contribution in [0.2, 0.25) is 0 Å². The predicted octanol–water partition coefficient (Wildman–Crippen LogP) is 2.57. The highest BCUT2D eigenvalue weighted by atomic mass is 19.1. The molecule has 27 heavy (non-hydrogen) atoms. The number of aliphatic imine (C=N–C) groups is 1. The molecule has 1 aromatic carbocycles. The van der Waals surface area contributed by atoms with Gasteiger partial charge in [-0.15, -0.1) is 10.2 Å². The second-order valence-corrected chi connectivity index (χ2v) is 6.43. The number of benzene rings is 1. The number of nitrogens with one attached hydrogen (secondary N) is 2. The van der Waals surface area contributed by atoms with Crippen molar-refractivity contribution in [1.29, 1.82) is 0 Å². The Morgan fingerprint density at radius 1 is 1.26 bits per heavy atom. The molecule has 148 valence electrons. The number of halogens is 1. The SMILES string of the molecule is CCCCNC(=NCc1nnc(C)n1C)NCC(C)Oc1ccc(F)cc1. The van der Waals surface area contributed by atoms with Crippen LogP contribution in [0.3, 0.4) is 0 Å². The van der Waals surface area contributed by atoms with Crippen LogP contribution < -0.4 is 15.4 Å². The number of aryl methyl sites for hydroxylation is 1. The molecule has 1 atom stereocenters. The minimum absolute atomic E-state index is 0.106. The third-order valence-corrected chi connectivity index (χ3v) is 4.09. The highest BCUT2D eigenvalue weighted by Crippen LogP contribution is 2.12. The summed E-state index contributed by atoms with van der Waals surface area (Å²) in [5, 5.41) is 14.8. The molecule has 0 radical (unpaired) electrons. The van der Waals surface area contributed by atoms with Crippen LogP contribution in [0.15, 0.2) is 29.3 Å². The van der Waals surface area contributed by atoms with E-state index in [-0.39, 0.29) is 11.9 Å². The quantitative estimate of drug-likeness (QED) is 0.400. The van der Waals surface area contributed by atoms with E-state index in [2.05, 4.69) is 32.7 Å². The fraction of sp³-hybridized carbons (Fsp3) is 0.526. The van der Waals surface area contributed by atoms with Crippen molar-refractivity contribution in [2.24, 2.45) is 12.0 Å². The number of unbranched alkanes of at least 4 members (excludes halogenated alkanes) is 1. The number of nitrogens with zero attached hydrogens (tertiary/aromatic N) is 4. The number of hydrogen-bond acceptors (Lipinski definition) is 4. The largest absolute Gasteiger partial charge is 0.489 e. The second kappa shape index (κ2) is 10.5. The predicted molar refractivity (Wildman–Crippen MR) is 104 cm³/mol. The summed E-state index contributed by atoms with van der Waals surface area (Å²) >= 11 is 0. The van der Waals surface area contributed by atoms with Gasteiger partial charge in [0.1, 0.15) is 30.0 Å². The molecule has 0 spiro atoms. The van der Waals surface area contributed by atoms with E-state index in [1.165, 1.54) is 12.1 Å². The van der Waals surface area contributed by atoms with Crippen LogP contribution in [-0.2, 0) is 13.6 Å². The van der Waals surface area contributed by atoms with Crippen LogP contribution in [0.5, 0.6) is 5.75 Å². The molecule has 0 aliphatic heterocycles. The molecule has 7 nitrogen and oxygen atoms in total. The van der Waals surface area contributed by atoms with Gasteiger partial charge >= 0.3 is 0 Å². The maximum Gasteiger partial charge on any atom is 0.191 e. The van der Waals surface area contributed by atoms with Gasteiger partial charge in [0.2, 0.25) is 0 Å². The molecule has 2 rings (SSSR count). The monoisotopic (exact) mass is 376 g/mol. The van der Waals surface area contributed by atoms with Crippen molar-refractivity contribution in [3.8, 4) is 5.75 Å². The molecule has 2 aromatic rings. The van der Waals surface area contributed by atoms with Gasteiger partial charge in [0, 0.05) is 13.6 Å². The molecule has 1 aromatic heterocycles. The van der Waals surface area contributed by atoms with Gasteiger partial charge in [-0.05, 0) is 44.5 Å². The lowest BCUT2D eigenvalue weighted by Crippen LogP contribution is -2.42. The number of ether oxygens (including phenoxy) is 1. The first kappa shape index (κ1) is 20.7. The molecule has 0 aliphatic rings. The Kier molecular flexibility index (Phi) is 8.03. The molecule has 1 heterocycles. The summed E-state index contributed by atoms with van der Waals surface area (Å²) in [6, 6.07) is 6.02. The summed E-state index contributed by atoms with van der Waals surface area (Å²) in [6.45, 7) is 7.85. The first-order valence-corrected chi connectivity index (χ1v) is 9.29. The molecule has 2 N–H and O–H groups in total. The first-order valence-electron chi connectivity index (χ1n) is 9.29. The first-order chi connectivity index (χ1) is 13.0. The molecular formula is C19H29FN6O. The molecule has 1 unspecified atom stereocenters. The van der Waals surface area contributed by atoms with Crippen molar-refractivity contribution in [2.75, 3.05) is 13.1 Å². The fourth-order valence-corrected chi connectivity index (χ4v) is 2.32. The zero-order chi connectivity index (χ0) is 19.6. The smallest absolute Gasteiger partial charge is 0.191 e. The van der Waals surface area contributed by atoms with Crippen molar-refractivity contribution >= 4 is 5.96 Å². The molecule has 0 amide bonds. The minimum atomic E-state index is -0.276. The van der Waals surface area contributed by atoms with Gasteiger partial charge in [0.25, 0.3) is 0 Å². The van der Waals surface area contributed by atoms with Gasteiger partial charge in [0.15, 0.2) is 11.8 Å². The second-order valence-electron chi connectivity index (χ2n) is 6.43. The maximum absolute atomic E-state index is 13.0. The van der Waals surface area contributed by atoms with E-state index in [4.69, 9.17) is 4.74 Å². The van der Waals surface area contributed by atoms with Crippen LogP contribution in [0.1, 0.15) is 38.3 Å². The highest BCUT2D eigenvalue weighted by molar-refractivity contribution is 5.79. The lowest BCUT2D eigenvalue weighted by Gasteiger charge is -2.18. The van der Waals surface area contributed by atoms with E-state index < -0.39 is 0 Å². The maximum atomic E-state index is 13.0. The zero-order valence-corrected chi connectivity index (χ0v) is 16.5. The molecule has 0 fully saturated rings. The average molecular weight is 376 g/mol. The molecule has 0 saturated carbocycles. The zero-order valence-electron chi connectivity index (χ0n) is 16.5. The van der Waals surface area contributed by atoms with Crippen molar-refractivity contribution in [2.45, 2.75) is 46.3 Å². The van der Waals surface area contributed by atoms with Crippen LogP contribution in [0, 0.1) is 12.7 Å². The lowest BCUT2D eigenvalue weighted by molar-refractivity contribution is 0.223. The minimum Gasteiger partial charge on any atom is -0.489 e. The van der Waals surface area contributed by atoms with Gasteiger partial charge in [-0.3, -0.25) is 0 Å². The van der Waals surface area contributed by atoms with E-state index in [9.17, 15) is 4.39 Å². The Morgan fingerprint density at radius 3 is 2.63 bits per heavy atom. The Balaban J connectivity index is 1.91. The Morgan fingerprint density at radius 2 is 2.00 bits per heavy atom. The molecule has 0 bridgehead atoms. The van der Waals surface area contributed by atoms with Gasteiger partial charge in [-0.2, -0.15) is 0 Å². The van der Waals surface area contributed by atoms with E-state index in [1.54, 1.807) is 12.1 Å². The van der Waals surface area contributed by atoms with E-state index in [0.29, 0.717) is 24.8 Å². The normalized spacial score (nSPS) is 12.7. The molecule has 8 heteroatoms. The van der Waals surface area contributed by atoms with Crippen LogP contribution in [0.25, 0.3) is 0 Å². The topological polar surface area (TPSA) is 76.4 Å². The standard InChI is InChI=1S/C19H29FN6O/c1-5-6-11-21-19(23-13-18-25-24-15(3)26(18)4)22-12-14(2)27-17-9-7-16(20)8-10-17/h7-10,14H,5-6,11-13H2,1-4H3,(H2,21,22,23). The summed E-state index contributed by atoms with van der Waals surface area (Å²) in [5.41, 5.74) is 0. The number of rotatable bonds is 9. The third kappa shape index (κ3) is 6.88. The van der Waals surface area contributed by atoms with Gasteiger partial charge in [0.05, 0.1) is 6.54 Å². The van der Waals surface area contributed by atoms with Gasteiger partial charge < -0.3 is 19.9 Å². The number of guanidine groups is 1. The molecule has 0 saturated heterocycles. The van der Waals surface area contributed by atoms with Crippen molar-refractivity contribution in [1.82, 2.24) is 25.4 Å². The van der Waals surface area contributed by atoms with Crippen LogP contribution >= 0.6 is 0 Å². The summed E-state index contributed by atoms with van der Waals surface area (Å²) < 4.78 is 20.7. The van der Waals surface area contributed by atoms with Crippen molar-refractivity contribution < 1.29 is 9.13 Å². The van der Waals surface area contributed by atoms with Crippen LogP contribution in [-0.4, -0.2) is 39.9 Å². The fourth-order valence-electron chi connectivity index (χ4n) is 2.32. The number of aromatic nitrogens is 3. The Bertz CT molecular complexity index is 728. The summed E-state index contributed by atoms with van der Waals surface area (Å²) in [7, 11) is 1.93.